The number of ether oxygens (including phenoxy) is 2. The minimum absolute atomic E-state index is 0.00938. The van der Waals surface area contributed by atoms with Crippen LogP contribution in [0.25, 0.3) is 0 Å². The highest BCUT2D eigenvalue weighted by Crippen LogP contribution is 2.15. The van der Waals surface area contributed by atoms with Crippen LogP contribution in [0, 0.1) is 12.3 Å². The highest BCUT2D eigenvalue weighted by molar-refractivity contribution is 4.86. The third-order valence-electron chi connectivity index (χ3n) is 1.79. The van der Waals surface area contributed by atoms with E-state index in [2.05, 4.69) is 5.92 Å². The van der Waals surface area contributed by atoms with E-state index in [9.17, 15) is 10.2 Å². The zero-order valence-corrected chi connectivity index (χ0v) is 6.96. The summed E-state index contributed by atoms with van der Waals surface area (Å²) in [6.07, 6.45) is 0.363. The van der Waals surface area contributed by atoms with Crippen molar-refractivity contribution in [2.45, 2.75) is 24.6 Å². The first-order valence-corrected chi connectivity index (χ1v) is 3.87. The van der Waals surface area contributed by atoms with Gasteiger partial charge in [-0.3, -0.25) is 0 Å². The van der Waals surface area contributed by atoms with E-state index >= 15 is 0 Å². The fraction of sp³-hybridized carbons (Fsp3) is 0.750. The van der Waals surface area contributed by atoms with Gasteiger partial charge in [0, 0.05) is 0 Å². The molecule has 0 aromatic carbocycles. The number of terminal acetylenes is 1. The van der Waals surface area contributed by atoms with Gasteiger partial charge in [-0.25, -0.2) is 0 Å². The van der Waals surface area contributed by atoms with E-state index in [1.165, 1.54) is 0 Å². The predicted octanol–water partition coefficient (Wildman–Crippen LogP) is -1.92. The molecule has 4 atom stereocenters. The molecular weight excluding hydrogens is 176 g/mol. The first-order chi connectivity index (χ1) is 6.16. The molecule has 5 nitrogen and oxygen atoms in total. The van der Waals surface area contributed by atoms with Gasteiger partial charge in [0.2, 0.25) is 0 Å². The quantitative estimate of drug-likeness (QED) is 0.440. The fourth-order valence-corrected chi connectivity index (χ4v) is 1.06. The van der Waals surface area contributed by atoms with Crippen molar-refractivity contribution in [2.24, 2.45) is 0 Å². The van der Waals surface area contributed by atoms with E-state index < -0.39 is 24.6 Å². The highest BCUT2D eigenvalue weighted by atomic mass is 16.7. The van der Waals surface area contributed by atoms with Crippen molar-refractivity contribution in [1.82, 2.24) is 0 Å². The van der Waals surface area contributed by atoms with Crippen molar-refractivity contribution in [3.8, 4) is 12.3 Å². The second kappa shape index (κ2) is 4.56. The standard InChI is InChI=1S/C8H12O5/c1-2-3-12-8-7(11)6(10)5(9)4-13-8/h1,5-11H,3-4H2/t5-,6+,7-,8+/m1/s1. The zero-order valence-electron chi connectivity index (χ0n) is 6.96. The van der Waals surface area contributed by atoms with Crippen molar-refractivity contribution in [1.29, 1.82) is 0 Å². The third-order valence-corrected chi connectivity index (χ3v) is 1.79. The van der Waals surface area contributed by atoms with Gasteiger partial charge in [-0.05, 0) is 0 Å². The summed E-state index contributed by atoms with van der Waals surface area (Å²) < 4.78 is 9.78. The van der Waals surface area contributed by atoms with Crippen LogP contribution in [0.5, 0.6) is 0 Å². The Bertz CT molecular complexity index is 199. The molecule has 1 aliphatic rings. The van der Waals surface area contributed by atoms with Gasteiger partial charge in [0.25, 0.3) is 0 Å². The first-order valence-electron chi connectivity index (χ1n) is 3.87. The Balaban J connectivity index is 2.45. The Morgan fingerprint density at radius 1 is 1.38 bits per heavy atom. The molecule has 1 heterocycles. The highest BCUT2D eigenvalue weighted by Gasteiger charge is 2.37. The number of hydrogen-bond acceptors (Lipinski definition) is 5. The maximum Gasteiger partial charge on any atom is 0.187 e. The van der Waals surface area contributed by atoms with Gasteiger partial charge in [-0.15, -0.1) is 6.42 Å². The number of aliphatic hydroxyl groups excluding tert-OH is 3. The summed E-state index contributed by atoms with van der Waals surface area (Å²) in [5.74, 6) is 2.20. The number of hydrogen-bond donors (Lipinski definition) is 3. The number of rotatable bonds is 2. The van der Waals surface area contributed by atoms with Crippen LogP contribution < -0.4 is 0 Å². The third kappa shape index (κ3) is 2.40. The predicted molar refractivity (Wildman–Crippen MR) is 42.5 cm³/mol. The summed E-state index contributed by atoms with van der Waals surface area (Å²) in [5, 5.41) is 27.6. The van der Waals surface area contributed by atoms with E-state index in [1.54, 1.807) is 0 Å². The van der Waals surface area contributed by atoms with Crippen molar-refractivity contribution < 1.29 is 24.8 Å². The summed E-state index contributed by atoms with van der Waals surface area (Å²) in [7, 11) is 0. The molecule has 0 radical (unpaired) electrons. The smallest absolute Gasteiger partial charge is 0.187 e. The molecule has 1 saturated heterocycles. The molecule has 0 saturated carbocycles. The molecular formula is C8H12O5. The lowest BCUT2D eigenvalue weighted by Crippen LogP contribution is -2.53. The lowest BCUT2D eigenvalue weighted by Gasteiger charge is -2.34. The second-order valence-electron chi connectivity index (χ2n) is 2.77. The number of aliphatic hydroxyl groups is 3. The molecule has 3 N–H and O–H groups in total. The molecule has 0 aromatic rings. The molecule has 1 rings (SSSR count). The Morgan fingerprint density at radius 3 is 2.69 bits per heavy atom. The molecule has 0 aliphatic carbocycles. The van der Waals surface area contributed by atoms with Crippen LogP contribution >= 0.6 is 0 Å². The monoisotopic (exact) mass is 188 g/mol. The SMILES string of the molecule is C#CCO[C@H]1OC[C@@H](O)[C@H](O)[C@H]1O. The minimum Gasteiger partial charge on any atom is -0.388 e. The van der Waals surface area contributed by atoms with Gasteiger partial charge < -0.3 is 24.8 Å². The Hall–Kier alpha value is -0.640. The molecule has 0 amide bonds. The lowest BCUT2D eigenvalue weighted by molar-refractivity contribution is -0.266. The summed E-state index contributed by atoms with van der Waals surface area (Å²) in [6, 6.07) is 0. The molecule has 5 heteroatoms. The lowest BCUT2D eigenvalue weighted by atomic mass is 10.1. The normalized spacial score (nSPS) is 39.8. The molecule has 1 fully saturated rings. The first kappa shape index (κ1) is 10.4. The van der Waals surface area contributed by atoms with E-state index in [-0.39, 0.29) is 13.2 Å². The van der Waals surface area contributed by atoms with Gasteiger partial charge in [0.15, 0.2) is 6.29 Å². The van der Waals surface area contributed by atoms with Crippen LogP contribution in [0.1, 0.15) is 0 Å². The van der Waals surface area contributed by atoms with Crippen LogP contribution in [-0.2, 0) is 9.47 Å². The van der Waals surface area contributed by atoms with Crippen molar-refractivity contribution in [3.63, 3.8) is 0 Å². The molecule has 74 valence electrons. The Morgan fingerprint density at radius 2 is 2.08 bits per heavy atom. The molecule has 0 aromatic heterocycles. The summed E-state index contributed by atoms with van der Waals surface area (Å²) in [4.78, 5) is 0. The van der Waals surface area contributed by atoms with Crippen LogP contribution in [0.2, 0.25) is 0 Å². The molecule has 13 heavy (non-hydrogen) atoms. The Labute approximate surface area is 75.9 Å². The van der Waals surface area contributed by atoms with Gasteiger partial charge in [-0.1, -0.05) is 5.92 Å². The van der Waals surface area contributed by atoms with Gasteiger partial charge >= 0.3 is 0 Å². The van der Waals surface area contributed by atoms with Crippen molar-refractivity contribution in [2.75, 3.05) is 13.2 Å². The molecule has 0 unspecified atom stereocenters. The van der Waals surface area contributed by atoms with Gasteiger partial charge in [-0.2, -0.15) is 0 Å². The van der Waals surface area contributed by atoms with Crippen molar-refractivity contribution in [3.05, 3.63) is 0 Å². The average molecular weight is 188 g/mol. The molecule has 0 spiro atoms. The Kier molecular flexibility index (Phi) is 3.66. The molecule has 0 bridgehead atoms. The summed E-state index contributed by atoms with van der Waals surface area (Å²) in [5.41, 5.74) is 0. The molecule has 1 aliphatic heterocycles. The fourth-order valence-electron chi connectivity index (χ4n) is 1.06. The maximum absolute atomic E-state index is 9.31. The summed E-state index contributed by atoms with van der Waals surface area (Å²) >= 11 is 0. The van der Waals surface area contributed by atoms with Gasteiger partial charge in [0.1, 0.15) is 24.9 Å². The second-order valence-corrected chi connectivity index (χ2v) is 2.77. The van der Waals surface area contributed by atoms with Crippen LogP contribution in [0.15, 0.2) is 0 Å². The topological polar surface area (TPSA) is 79.2 Å². The van der Waals surface area contributed by atoms with Crippen LogP contribution in [0.4, 0.5) is 0 Å². The zero-order chi connectivity index (χ0) is 9.84. The van der Waals surface area contributed by atoms with Gasteiger partial charge in [0.05, 0.1) is 6.61 Å². The van der Waals surface area contributed by atoms with E-state index in [1.807, 2.05) is 0 Å². The summed E-state index contributed by atoms with van der Waals surface area (Å²) in [6.45, 7) is -0.0853. The van der Waals surface area contributed by atoms with E-state index in [4.69, 9.17) is 21.0 Å². The van der Waals surface area contributed by atoms with E-state index in [0.29, 0.717) is 0 Å². The average Bonchev–Trinajstić information content (AvgIpc) is 2.13. The van der Waals surface area contributed by atoms with Crippen LogP contribution in [-0.4, -0.2) is 53.1 Å². The van der Waals surface area contributed by atoms with E-state index in [0.717, 1.165) is 0 Å². The van der Waals surface area contributed by atoms with Crippen LogP contribution in [0.3, 0.4) is 0 Å². The van der Waals surface area contributed by atoms with Crippen molar-refractivity contribution >= 4 is 0 Å². The minimum atomic E-state index is -1.27. The maximum atomic E-state index is 9.31. The largest absolute Gasteiger partial charge is 0.388 e.